The lowest BCUT2D eigenvalue weighted by atomic mass is 10.1. The molecule has 2 aromatic rings. The number of amides is 1. The van der Waals surface area contributed by atoms with Gasteiger partial charge in [-0.1, -0.05) is 29.8 Å². The highest BCUT2D eigenvalue weighted by Gasteiger charge is 2.36. The van der Waals surface area contributed by atoms with E-state index in [2.05, 4.69) is 0 Å². The zero-order valence-electron chi connectivity index (χ0n) is 15.6. The van der Waals surface area contributed by atoms with Crippen molar-refractivity contribution in [3.8, 4) is 0 Å². The Bertz CT molecular complexity index is 1060. The summed E-state index contributed by atoms with van der Waals surface area (Å²) in [5, 5.41) is -0.553. The molecule has 0 saturated carbocycles. The molecule has 0 bridgehead atoms. The van der Waals surface area contributed by atoms with Gasteiger partial charge < -0.3 is 4.90 Å². The van der Waals surface area contributed by atoms with Crippen LogP contribution in [0.3, 0.4) is 0 Å². The van der Waals surface area contributed by atoms with E-state index in [1.165, 1.54) is 4.90 Å². The molecule has 0 N–H and O–H groups in total. The first-order valence-corrected chi connectivity index (χ1v) is 10.9. The number of carbonyl (C=O) groups excluding carboxylic acids is 1. The van der Waals surface area contributed by atoms with Crippen LogP contribution in [0, 0.1) is 0 Å². The molecule has 1 atom stereocenters. The molecule has 0 fully saturated rings. The second-order valence-electron chi connectivity index (χ2n) is 6.88. The molecule has 10 heteroatoms. The van der Waals surface area contributed by atoms with E-state index >= 15 is 0 Å². The van der Waals surface area contributed by atoms with E-state index in [4.69, 9.17) is 11.6 Å². The second-order valence-corrected chi connectivity index (χ2v) is 9.19. The lowest BCUT2D eigenvalue weighted by molar-refractivity contribution is -0.137. The normalized spacial score (nSPS) is 16.6. The van der Waals surface area contributed by atoms with Gasteiger partial charge in [0, 0.05) is 11.7 Å². The minimum atomic E-state index is -4.76. The molecule has 0 aromatic heterocycles. The molecule has 5 nitrogen and oxygen atoms in total. The molecule has 0 unspecified atom stereocenters. The molecule has 1 amide bonds. The first-order chi connectivity index (χ1) is 13.4. The number of alkyl halides is 3. The molecule has 1 aliphatic rings. The Morgan fingerprint density at radius 3 is 2.52 bits per heavy atom. The van der Waals surface area contributed by atoms with Crippen molar-refractivity contribution in [3.05, 3.63) is 58.6 Å². The molecule has 0 radical (unpaired) electrons. The number of carbonyl (C=O) groups is 1. The smallest absolute Gasteiger partial charge is 0.307 e. The van der Waals surface area contributed by atoms with Gasteiger partial charge in [-0.3, -0.25) is 9.10 Å². The molecule has 156 valence electrons. The number of nitrogens with zero attached hydrogens (tertiary/aromatic N) is 2. The van der Waals surface area contributed by atoms with Crippen LogP contribution in [0.15, 0.2) is 42.5 Å². The zero-order valence-corrected chi connectivity index (χ0v) is 17.1. The average molecular weight is 447 g/mol. The van der Waals surface area contributed by atoms with Gasteiger partial charge in [0.1, 0.15) is 6.54 Å². The number of halogens is 4. The van der Waals surface area contributed by atoms with Gasteiger partial charge in [0.2, 0.25) is 15.9 Å². The minimum Gasteiger partial charge on any atom is -0.307 e. The third-order valence-corrected chi connectivity index (χ3v) is 6.17. The van der Waals surface area contributed by atoms with Crippen molar-refractivity contribution in [1.82, 2.24) is 0 Å². The third-order valence-electron chi connectivity index (χ3n) is 4.70. The maximum Gasteiger partial charge on any atom is 0.417 e. The fraction of sp³-hybridized carbons (Fsp3) is 0.316. The topological polar surface area (TPSA) is 57.7 Å². The molecule has 3 rings (SSSR count). The van der Waals surface area contributed by atoms with Crippen LogP contribution in [-0.2, 0) is 27.4 Å². The van der Waals surface area contributed by atoms with E-state index in [1.54, 1.807) is 12.1 Å². The van der Waals surface area contributed by atoms with Gasteiger partial charge >= 0.3 is 6.18 Å². The number of rotatable bonds is 4. The minimum absolute atomic E-state index is 0.197. The average Bonchev–Trinajstić information content (AvgIpc) is 2.94. The first kappa shape index (κ1) is 21.4. The van der Waals surface area contributed by atoms with Gasteiger partial charge in [-0.15, -0.1) is 0 Å². The summed E-state index contributed by atoms with van der Waals surface area (Å²) >= 11 is 5.62. The Balaban J connectivity index is 1.97. The number of fused-ring (bicyclic) bond motifs is 1. The summed E-state index contributed by atoms with van der Waals surface area (Å²) in [5.41, 5.74) is 0.172. The highest BCUT2D eigenvalue weighted by atomic mass is 35.5. The van der Waals surface area contributed by atoms with Crippen LogP contribution in [0.5, 0.6) is 0 Å². The van der Waals surface area contributed by atoms with Crippen molar-refractivity contribution in [2.45, 2.75) is 25.6 Å². The van der Waals surface area contributed by atoms with Crippen LogP contribution in [0.2, 0.25) is 5.02 Å². The fourth-order valence-electron chi connectivity index (χ4n) is 3.43. The molecule has 0 saturated heterocycles. The van der Waals surface area contributed by atoms with Gasteiger partial charge in [-0.05, 0) is 43.2 Å². The largest absolute Gasteiger partial charge is 0.417 e. The summed E-state index contributed by atoms with van der Waals surface area (Å²) in [6.45, 7) is 1.20. The van der Waals surface area contributed by atoms with Crippen LogP contribution in [-0.4, -0.2) is 33.2 Å². The van der Waals surface area contributed by atoms with Crippen LogP contribution in [0.25, 0.3) is 0 Å². The molecule has 0 spiro atoms. The first-order valence-electron chi connectivity index (χ1n) is 8.64. The Hall–Kier alpha value is -2.26. The van der Waals surface area contributed by atoms with Gasteiger partial charge in [-0.25, -0.2) is 8.42 Å². The maximum atomic E-state index is 13.2. The van der Waals surface area contributed by atoms with E-state index in [1.807, 2.05) is 19.1 Å². The number of hydrogen-bond donors (Lipinski definition) is 0. The number of anilines is 2. The Kier molecular flexibility index (Phi) is 5.57. The van der Waals surface area contributed by atoms with Crippen molar-refractivity contribution in [2.75, 3.05) is 22.0 Å². The molecule has 1 heterocycles. The molecule has 29 heavy (non-hydrogen) atoms. The molecular weight excluding hydrogens is 429 g/mol. The van der Waals surface area contributed by atoms with Crippen molar-refractivity contribution in [3.63, 3.8) is 0 Å². The predicted octanol–water partition coefficient (Wildman–Crippen LogP) is 4.10. The summed E-state index contributed by atoms with van der Waals surface area (Å²) in [6, 6.07) is 9.79. The molecule has 0 aliphatic carbocycles. The summed E-state index contributed by atoms with van der Waals surface area (Å²) < 4.78 is 64.8. The standard InChI is InChI=1S/C19H18ClF3N2O3S/c1-12-9-13-5-3-4-6-17(13)25(12)18(26)11-24(29(2,27)28)14-7-8-16(20)15(10-14)19(21,22)23/h3-8,10,12H,9,11H2,1-2H3/t12-/m0/s1. The Morgan fingerprint density at radius 2 is 1.90 bits per heavy atom. The van der Waals surface area contributed by atoms with Gasteiger partial charge in [0.25, 0.3) is 0 Å². The lowest BCUT2D eigenvalue weighted by Gasteiger charge is -2.28. The van der Waals surface area contributed by atoms with Crippen LogP contribution in [0.1, 0.15) is 18.1 Å². The fourth-order valence-corrected chi connectivity index (χ4v) is 4.50. The predicted molar refractivity (Wildman–Crippen MR) is 106 cm³/mol. The summed E-state index contributed by atoms with van der Waals surface area (Å²) in [5.74, 6) is -0.531. The van der Waals surface area contributed by atoms with Crippen LogP contribution in [0.4, 0.5) is 24.5 Å². The Labute approximate surface area is 171 Å². The van der Waals surface area contributed by atoms with Crippen molar-refractivity contribution >= 4 is 38.9 Å². The lowest BCUT2D eigenvalue weighted by Crippen LogP contribution is -2.45. The van der Waals surface area contributed by atoms with Gasteiger partial charge in [0.05, 0.1) is 22.5 Å². The molecule has 1 aliphatic heterocycles. The van der Waals surface area contributed by atoms with Crippen molar-refractivity contribution < 1.29 is 26.4 Å². The quantitative estimate of drug-likeness (QED) is 0.710. The van der Waals surface area contributed by atoms with Crippen molar-refractivity contribution in [2.24, 2.45) is 0 Å². The van der Waals surface area contributed by atoms with Gasteiger partial charge in [0.15, 0.2) is 0 Å². The van der Waals surface area contributed by atoms with E-state index < -0.39 is 39.2 Å². The highest BCUT2D eigenvalue weighted by Crippen LogP contribution is 2.38. The second kappa shape index (κ2) is 7.53. The van der Waals surface area contributed by atoms with E-state index in [0.29, 0.717) is 22.5 Å². The summed E-state index contributed by atoms with van der Waals surface area (Å²) in [6.07, 6.45) is -3.31. The summed E-state index contributed by atoms with van der Waals surface area (Å²) in [4.78, 5) is 14.4. The highest BCUT2D eigenvalue weighted by molar-refractivity contribution is 7.92. The van der Waals surface area contributed by atoms with E-state index in [-0.39, 0.29) is 11.7 Å². The number of para-hydroxylation sites is 1. The monoisotopic (exact) mass is 446 g/mol. The maximum absolute atomic E-state index is 13.2. The molecule has 2 aromatic carbocycles. The Morgan fingerprint density at radius 1 is 1.24 bits per heavy atom. The third kappa shape index (κ3) is 4.35. The van der Waals surface area contributed by atoms with E-state index in [9.17, 15) is 26.4 Å². The number of sulfonamides is 1. The van der Waals surface area contributed by atoms with E-state index in [0.717, 1.165) is 24.0 Å². The van der Waals surface area contributed by atoms with Crippen molar-refractivity contribution in [1.29, 1.82) is 0 Å². The van der Waals surface area contributed by atoms with Crippen LogP contribution >= 0.6 is 11.6 Å². The zero-order chi connectivity index (χ0) is 21.6. The van der Waals surface area contributed by atoms with Crippen LogP contribution < -0.4 is 9.21 Å². The molecular formula is C19H18ClF3N2O3S. The number of benzene rings is 2. The summed E-state index contributed by atoms with van der Waals surface area (Å²) in [7, 11) is -4.04. The SMILES string of the molecule is C[C@H]1Cc2ccccc2N1C(=O)CN(c1ccc(Cl)c(C(F)(F)F)c1)S(C)(=O)=O. The van der Waals surface area contributed by atoms with Gasteiger partial charge in [-0.2, -0.15) is 13.2 Å². The number of hydrogen-bond acceptors (Lipinski definition) is 3.